The molecule has 1 amide bonds. The number of benzene rings is 1. The van der Waals surface area contributed by atoms with Gasteiger partial charge in [-0.05, 0) is 55.7 Å². The van der Waals surface area contributed by atoms with Crippen LogP contribution < -0.4 is 10.0 Å². The van der Waals surface area contributed by atoms with E-state index in [-0.39, 0.29) is 16.8 Å². The van der Waals surface area contributed by atoms with Crippen LogP contribution >= 0.6 is 0 Å². The van der Waals surface area contributed by atoms with Crippen molar-refractivity contribution in [1.82, 2.24) is 10.0 Å². The van der Waals surface area contributed by atoms with Crippen LogP contribution in [0.15, 0.2) is 51.8 Å². The molecular formula is C18H20N2O4S. The summed E-state index contributed by atoms with van der Waals surface area (Å²) in [6.07, 6.45) is 4.79. The quantitative estimate of drug-likeness (QED) is 0.742. The molecule has 2 aromatic rings. The van der Waals surface area contributed by atoms with E-state index in [9.17, 15) is 13.2 Å². The highest BCUT2D eigenvalue weighted by atomic mass is 32.2. The number of nitrogens with one attached hydrogen (secondary N) is 2. The predicted molar refractivity (Wildman–Crippen MR) is 94.1 cm³/mol. The van der Waals surface area contributed by atoms with Crippen LogP contribution in [0.4, 0.5) is 0 Å². The molecular weight excluding hydrogens is 340 g/mol. The van der Waals surface area contributed by atoms with E-state index in [1.165, 1.54) is 6.08 Å². The lowest BCUT2D eigenvalue weighted by Gasteiger charge is -2.07. The van der Waals surface area contributed by atoms with Gasteiger partial charge in [-0.3, -0.25) is 4.79 Å². The summed E-state index contributed by atoms with van der Waals surface area (Å²) in [5, 5.41) is 2.74. The zero-order chi connectivity index (χ0) is 17.9. The normalized spacial score (nSPS) is 14.8. The van der Waals surface area contributed by atoms with E-state index in [0.29, 0.717) is 12.3 Å². The van der Waals surface area contributed by atoms with Gasteiger partial charge in [-0.1, -0.05) is 12.1 Å². The standard InChI is InChI=1S/C18H20N2O4S/c1-13-2-7-16(24-13)8-11-18(21)19-12-14-3-9-17(10-4-14)25(22,23)20-15-5-6-15/h2-4,7-11,15,20H,5-6,12H2,1H3,(H,19,21)/b11-8+. The van der Waals surface area contributed by atoms with Crippen molar-refractivity contribution in [3.63, 3.8) is 0 Å². The van der Waals surface area contributed by atoms with Crippen LogP contribution in [0, 0.1) is 6.92 Å². The lowest BCUT2D eigenvalue weighted by Crippen LogP contribution is -2.25. The molecule has 1 heterocycles. The molecule has 0 atom stereocenters. The summed E-state index contributed by atoms with van der Waals surface area (Å²) in [6.45, 7) is 2.15. The van der Waals surface area contributed by atoms with Gasteiger partial charge >= 0.3 is 0 Å². The lowest BCUT2D eigenvalue weighted by atomic mass is 10.2. The van der Waals surface area contributed by atoms with E-state index in [1.807, 2.05) is 13.0 Å². The van der Waals surface area contributed by atoms with E-state index < -0.39 is 10.0 Å². The molecule has 1 fully saturated rings. The summed E-state index contributed by atoms with van der Waals surface area (Å²) in [5.74, 6) is 1.15. The first-order chi connectivity index (χ1) is 11.9. The molecule has 6 nitrogen and oxygen atoms in total. The first-order valence-electron chi connectivity index (χ1n) is 8.06. The van der Waals surface area contributed by atoms with Gasteiger partial charge in [-0.15, -0.1) is 0 Å². The first-order valence-corrected chi connectivity index (χ1v) is 9.54. The zero-order valence-electron chi connectivity index (χ0n) is 13.9. The smallest absolute Gasteiger partial charge is 0.244 e. The number of rotatable bonds is 7. The van der Waals surface area contributed by atoms with Crippen LogP contribution in [0.25, 0.3) is 6.08 Å². The van der Waals surface area contributed by atoms with Gasteiger partial charge in [0, 0.05) is 18.7 Å². The maximum atomic E-state index is 12.1. The Morgan fingerprint density at radius 2 is 1.92 bits per heavy atom. The third-order valence-corrected chi connectivity index (χ3v) is 5.30. The summed E-state index contributed by atoms with van der Waals surface area (Å²) in [6, 6.07) is 10.2. The number of amides is 1. The van der Waals surface area contributed by atoms with Crippen LogP contribution in [0.5, 0.6) is 0 Å². The number of carbonyl (C=O) groups is 1. The maximum Gasteiger partial charge on any atom is 0.244 e. The van der Waals surface area contributed by atoms with Crippen LogP contribution in [0.1, 0.15) is 29.9 Å². The van der Waals surface area contributed by atoms with Crippen molar-refractivity contribution in [1.29, 1.82) is 0 Å². The fourth-order valence-electron chi connectivity index (χ4n) is 2.22. The van der Waals surface area contributed by atoms with Crippen molar-refractivity contribution >= 4 is 22.0 Å². The third kappa shape index (κ3) is 5.04. The SMILES string of the molecule is Cc1ccc(/C=C/C(=O)NCc2ccc(S(=O)(=O)NC3CC3)cc2)o1. The van der Waals surface area contributed by atoms with Crippen molar-refractivity contribution in [2.45, 2.75) is 37.2 Å². The molecule has 0 unspecified atom stereocenters. The average Bonchev–Trinajstić information content (AvgIpc) is 3.29. The van der Waals surface area contributed by atoms with Gasteiger partial charge in [0.2, 0.25) is 15.9 Å². The third-order valence-electron chi connectivity index (χ3n) is 3.76. The first kappa shape index (κ1) is 17.4. The molecule has 1 saturated carbocycles. The van der Waals surface area contributed by atoms with Crippen molar-refractivity contribution in [2.75, 3.05) is 0 Å². The Kier molecular flexibility index (Phi) is 5.06. The molecule has 2 N–H and O–H groups in total. The van der Waals surface area contributed by atoms with E-state index in [1.54, 1.807) is 36.4 Å². The van der Waals surface area contributed by atoms with Gasteiger partial charge in [0.25, 0.3) is 0 Å². The lowest BCUT2D eigenvalue weighted by molar-refractivity contribution is -0.116. The van der Waals surface area contributed by atoms with Crippen molar-refractivity contribution in [2.24, 2.45) is 0 Å². The monoisotopic (exact) mass is 360 g/mol. The van der Waals surface area contributed by atoms with E-state index >= 15 is 0 Å². The molecule has 3 rings (SSSR count). The Morgan fingerprint density at radius 3 is 2.52 bits per heavy atom. The Morgan fingerprint density at radius 1 is 1.20 bits per heavy atom. The number of hydrogen-bond acceptors (Lipinski definition) is 4. The molecule has 0 saturated heterocycles. The molecule has 0 spiro atoms. The molecule has 0 bridgehead atoms. The van der Waals surface area contributed by atoms with Crippen LogP contribution in [-0.4, -0.2) is 20.4 Å². The highest BCUT2D eigenvalue weighted by molar-refractivity contribution is 7.89. The van der Waals surface area contributed by atoms with Gasteiger partial charge in [0.1, 0.15) is 11.5 Å². The van der Waals surface area contributed by atoms with Gasteiger partial charge in [0.05, 0.1) is 4.90 Å². The molecule has 0 aliphatic heterocycles. The second-order valence-electron chi connectivity index (χ2n) is 6.04. The molecule has 1 aromatic carbocycles. The second kappa shape index (κ2) is 7.25. The fourth-order valence-corrected chi connectivity index (χ4v) is 3.53. The van der Waals surface area contributed by atoms with Crippen molar-refractivity contribution < 1.29 is 17.6 Å². The van der Waals surface area contributed by atoms with Gasteiger partial charge < -0.3 is 9.73 Å². The minimum Gasteiger partial charge on any atom is -0.462 e. The predicted octanol–water partition coefficient (Wildman–Crippen LogP) is 2.36. The molecule has 132 valence electrons. The molecule has 25 heavy (non-hydrogen) atoms. The summed E-state index contributed by atoms with van der Waals surface area (Å²) in [5.41, 5.74) is 0.820. The largest absolute Gasteiger partial charge is 0.462 e. The summed E-state index contributed by atoms with van der Waals surface area (Å²) in [4.78, 5) is 12.0. The van der Waals surface area contributed by atoms with E-state index in [2.05, 4.69) is 10.0 Å². The van der Waals surface area contributed by atoms with Gasteiger partial charge in [-0.2, -0.15) is 0 Å². The van der Waals surface area contributed by atoms with Crippen LogP contribution in [-0.2, 0) is 21.4 Å². The summed E-state index contributed by atoms with van der Waals surface area (Å²) in [7, 11) is -3.44. The Bertz CT molecular complexity index is 878. The number of sulfonamides is 1. The van der Waals surface area contributed by atoms with Crippen molar-refractivity contribution in [3.05, 3.63) is 59.6 Å². The second-order valence-corrected chi connectivity index (χ2v) is 7.75. The van der Waals surface area contributed by atoms with Gasteiger partial charge in [-0.25, -0.2) is 13.1 Å². The van der Waals surface area contributed by atoms with E-state index in [0.717, 1.165) is 24.2 Å². The zero-order valence-corrected chi connectivity index (χ0v) is 14.7. The Balaban J connectivity index is 1.52. The van der Waals surface area contributed by atoms with Crippen LogP contribution in [0.3, 0.4) is 0 Å². The number of carbonyl (C=O) groups excluding carboxylic acids is 1. The topological polar surface area (TPSA) is 88.4 Å². The van der Waals surface area contributed by atoms with Crippen molar-refractivity contribution in [3.8, 4) is 0 Å². The molecule has 1 aromatic heterocycles. The highest BCUT2D eigenvalue weighted by Gasteiger charge is 2.27. The minimum atomic E-state index is -3.44. The summed E-state index contributed by atoms with van der Waals surface area (Å²) < 4.78 is 32.1. The highest BCUT2D eigenvalue weighted by Crippen LogP contribution is 2.22. The molecule has 0 radical (unpaired) electrons. The number of hydrogen-bond donors (Lipinski definition) is 2. The fraction of sp³-hybridized carbons (Fsp3) is 0.278. The number of furan rings is 1. The molecule has 1 aliphatic rings. The molecule has 1 aliphatic carbocycles. The maximum absolute atomic E-state index is 12.1. The Labute approximate surface area is 147 Å². The molecule has 7 heteroatoms. The van der Waals surface area contributed by atoms with E-state index in [4.69, 9.17) is 4.42 Å². The minimum absolute atomic E-state index is 0.0775. The number of aryl methyl sites for hydroxylation is 1. The van der Waals surface area contributed by atoms with Gasteiger partial charge in [0.15, 0.2) is 0 Å². The summed E-state index contributed by atoms with van der Waals surface area (Å²) >= 11 is 0. The average molecular weight is 360 g/mol. The van der Waals surface area contributed by atoms with Crippen LogP contribution in [0.2, 0.25) is 0 Å². The Hall–Kier alpha value is -2.38.